The Balaban J connectivity index is 2.08. The zero-order chi connectivity index (χ0) is 17.3. The predicted octanol–water partition coefficient (Wildman–Crippen LogP) is 3.92. The van der Waals surface area contributed by atoms with Crippen LogP contribution in [0, 0.1) is 11.8 Å². The highest BCUT2D eigenvalue weighted by Crippen LogP contribution is 2.42. The summed E-state index contributed by atoms with van der Waals surface area (Å²) in [5, 5.41) is 9.99. The molecule has 1 fully saturated rings. The average molecular weight is 329 g/mol. The molecule has 1 amide bonds. The molecular weight excluding hydrogens is 302 g/mol. The van der Waals surface area contributed by atoms with Gasteiger partial charge in [0.05, 0.1) is 6.04 Å². The highest BCUT2D eigenvalue weighted by Gasteiger charge is 2.46. The summed E-state index contributed by atoms with van der Waals surface area (Å²) in [6, 6.07) is 7.06. The fourth-order valence-corrected chi connectivity index (χ4v) is 4.50. The molecule has 2 atom stereocenters. The lowest BCUT2D eigenvalue weighted by Gasteiger charge is -2.46. The van der Waals surface area contributed by atoms with Crippen molar-refractivity contribution in [2.24, 2.45) is 11.8 Å². The third kappa shape index (κ3) is 3.06. The summed E-state index contributed by atoms with van der Waals surface area (Å²) >= 11 is 0. The molecule has 1 saturated carbocycles. The number of carboxylic acid groups (broad SMARTS) is 1. The van der Waals surface area contributed by atoms with Crippen molar-refractivity contribution in [2.45, 2.75) is 57.9 Å². The van der Waals surface area contributed by atoms with Crippen LogP contribution >= 0.6 is 0 Å². The second-order valence-electron chi connectivity index (χ2n) is 7.64. The van der Waals surface area contributed by atoms with Gasteiger partial charge in [-0.25, -0.2) is 0 Å². The summed E-state index contributed by atoms with van der Waals surface area (Å²) in [5.74, 6) is -0.803. The summed E-state index contributed by atoms with van der Waals surface area (Å²) in [6.45, 7) is 4.79. The zero-order valence-corrected chi connectivity index (χ0v) is 14.6. The molecule has 0 aromatic heterocycles. The molecule has 1 N–H and O–H groups in total. The zero-order valence-electron chi connectivity index (χ0n) is 14.6. The van der Waals surface area contributed by atoms with E-state index in [0.717, 1.165) is 25.7 Å². The number of hydrogen-bond donors (Lipinski definition) is 1. The number of aliphatic carboxylic acids is 1. The minimum atomic E-state index is -0.806. The van der Waals surface area contributed by atoms with Gasteiger partial charge in [0.25, 0.3) is 5.91 Å². The Kier molecular flexibility index (Phi) is 4.93. The smallest absolute Gasteiger partial charge is 0.313 e. The largest absolute Gasteiger partial charge is 0.481 e. The number of carboxylic acids is 1. The van der Waals surface area contributed by atoms with Gasteiger partial charge in [0.1, 0.15) is 5.92 Å². The average Bonchev–Trinajstić information content (AvgIpc) is 2.57. The Morgan fingerprint density at radius 1 is 1.21 bits per heavy atom. The monoisotopic (exact) mass is 329 g/mol. The van der Waals surface area contributed by atoms with Crippen LogP contribution in [0.5, 0.6) is 0 Å². The number of nitrogens with zero attached hydrogens (tertiary/aromatic N) is 1. The first-order chi connectivity index (χ1) is 11.5. The SMILES string of the molecule is CC(C)CN1C(=O)c2ccccc2C(C(=O)O)C1C1CCCCC1. The number of carbonyl (C=O) groups excluding carboxylic acids is 1. The summed E-state index contributed by atoms with van der Waals surface area (Å²) in [5.41, 5.74) is 1.27. The van der Waals surface area contributed by atoms with Gasteiger partial charge in [0, 0.05) is 12.1 Å². The third-order valence-corrected chi connectivity index (χ3v) is 5.45. The first kappa shape index (κ1) is 17.0. The summed E-state index contributed by atoms with van der Waals surface area (Å²) < 4.78 is 0. The maximum Gasteiger partial charge on any atom is 0.313 e. The van der Waals surface area contributed by atoms with Crippen molar-refractivity contribution in [3.63, 3.8) is 0 Å². The molecule has 130 valence electrons. The lowest BCUT2D eigenvalue weighted by atomic mass is 9.72. The van der Waals surface area contributed by atoms with E-state index in [4.69, 9.17) is 0 Å². The molecule has 0 saturated heterocycles. The van der Waals surface area contributed by atoms with Crippen LogP contribution in [0.25, 0.3) is 0 Å². The van der Waals surface area contributed by atoms with Crippen LogP contribution in [-0.4, -0.2) is 34.5 Å². The molecule has 2 unspecified atom stereocenters. The molecule has 0 spiro atoms. The molecule has 1 heterocycles. The van der Waals surface area contributed by atoms with Crippen molar-refractivity contribution in [3.05, 3.63) is 35.4 Å². The molecule has 0 bridgehead atoms. The highest BCUT2D eigenvalue weighted by molar-refractivity contribution is 6.00. The Labute approximate surface area is 143 Å². The molecule has 1 aromatic rings. The van der Waals surface area contributed by atoms with E-state index < -0.39 is 11.9 Å². The van der Waals surface area contributed by atoms with Crippen molar-refractivity contribution < 1.29 is 14.7 Å². The van der Waals surface area contributed by atoms with E-state index >= 15 is 0 Å². The molecule has 3 rings (SSSR count). The molecule has 1 aliphatic carbocycles. The molecule has 4 nitrogen and oxygen atoms in total. The number of fused-ring (bicyclic) bond motifs is 1. The van der Waals surface area contributed by atoms with Crippen molar-refractivity contribution in [1.82, 2.24) is 4.90 Å². The van der Waals surface area contributed by atoms with Crippen LogP contribution in [-0.2, 0) is 4.79 Å². The van der Waals surface area contributed by atoms with E-state index in [1.807, 2.05) is 23.1 Å². The van der Waals surface area contributed by atoms with Gasteiger partial charge in [-0.05, 0) is 36.3 Å². The molecule has 1 aromatic carbocycles. The topological polar surface area (TPSA) is 57.6 Å². The standard InChI is InChI=1S/C20H27NO3/c1-13(2)12-21-18(14-8-4-3-5-9-14)17(20(23)24)15-10-6-7-11-16(15)19(21)22/h6-7,10-11,13-14,17-18H,3-5,8-9,12H2,1-2H3,(H,23,24). The number of rotatable bonds is 4. The quantitative estimate of drug-likeness (QED) is 0.911. The van der Waals surface area contributed by atoms with E-state index in [9.17, 15) is 14.7 Å². The Bertz CT molecular complexity index is 619. The van der Waals surface area contributed by atoms with E-state index in [0.29, 0.717) is 23.6 Å². The first-order valence-corrected chi connectivity index (χ1v) is 9.13. The Hall–Kier alpha value is -1.84. The minimum Gasteiger partial charge on any atom is -0.481 e. The van der Waals surface area contributed by atoms with E-state index in [1.165, 1.54) is 6.42 Å². The number of carbonyl (C=O) groups is 2. The summed E-state index contributed by atoms with van der Waals surface area (Å²) in [6.07, 6.45) is 5.55. The Morgan fingerprint density at radius 3 is 2.50 bits per heavy atom. The second-order valence-corrected chi connectivity index (χ2v) is 7.64. The van der Waals surface area contributed by atoms with Crippen molar-refractivity contribution in [3.8, 4) is 0 Å². The maximum absolute atomic E-state index is 13.1. The van der Waals surface area contributed by atoms with Gasteiger partial charge < -0.3 is 10.0 Å². The van der Waals surface area contributed by atoms with Crippen LogP contribution in [0.1, 0.15) is 67.8 Å². The van der Waals surface area contributed by atoms with E-state index in [1.54, 1.807) is 6.07 Å². The maximum atomic E-state index is 13.1. The summed E-state index contributed by atoms with van der Waals surface area (Å²) in [7, 11) is 0. The van der Waals surface area contributed by atoms with Crippen molar-refractivity contribution >= 4 is 11.9 Å². The van der Waals surface area contributed by atoms with Gasteiger partial charge in [-0.3, -0.25) is 9.59 Å². The number of hydrogen-bond acceptors (Lipinski definition) is 2. The minimum absolute atomic E-state index is 0.00683. The van der Waals surface area contributed by atoms with Gasteiger partial charge in [-0.15, -0.1) is 0 Å². The van der Waals surface area contributed by atoms with Crippen LogP contribution in [0.15, 0.2) is 24.3 Å². The third-order valence-electron chi connectivity index (χ3n) is 5.45. The lowest BCUT2D eigenvalue weighted by molar-refractivity contribution is -0.141. The first-order valence-electron chi connectivity index (χ1n) is 9.13. The molecule has 0 radical (unpaired) electrons. The second kappa shape index (κ2) is 6.96. The van der Waals surface area contributed by atoms with Gasteiger partial charge >= 0.3 is 5.97 Å². The molecule has 1 aliphatic heterocycles. The van der Waals surface area contributed by atoms with Crippen LogP contribution < -0.4 is 0 Å². The highest BCUT2D eigenvalue weighted by atomic mass is 16.4. The summed E-state index contributed by atoms with van der Waals surface area (Å²) in [4.78, 5) is 27.2. The van der Waals surface area contributed by atoms with Crippen LogP contribution in [0.2, 0.25) is 0 Å². The number of benzene rings is 1. The molecular formula is C20H27NO3. The van der Waals surface area contributed by atoms with Crippen molar-refractivity contribution in [2.75, 3.05) is 6.54 Å². The van der Waals surface area contributed by atoms with Gasteiger partial charge in [0.15, 0.2) is 0 Å². The number of amides is 1. The van der Waals surface area contributed by atoms with Gasteiger partial charge in [-0.2, -0.15) is 0 Å². The Morgan fingerprint density at radius 2 is 1.88 bits per heavy atom. The van der Waals surface area contributed by atoms with E-state index in [-0.39, 0.29) is 17.9 Å². The van der Waals surface area contributed by atoms with Crippen LogP contribution in [0.3, 0.4) is 0 Å². The van der Waals surface area contributed by atoms with Crippen LogP contribution in [0.4, 0.5) is 0 Å². The predicted molar refractivity (Wildman–Crippen MR) is 93.1 cm³/mol. The normalized spacial score (nSPS) is 25.0. The van der Waals surface area contributed by atoms with Gasteiger partial charge in [0.2, 0.25) is 0 Å². The van der Waals surface area contributed by atoms with Gasteiger partial charge in [-0.1, -0.05) is 51.3 Å². The molecule has 24 heavy (non-hydrogen) atoms. The molecule has 2 aliphatic rings. The fourth-order valence-electron chi connectivity index (χ4n) is 4.50. The lowest BCUT2D eigenvalue weighted by Crippen LogP contribution is -2.55. The molecule has 4 heteroatoms. The van der Waals surface area contributed by atoms with E-state index in [2.05, 4.69) is 13.8 Å². The fraction of sp³-hybridized carbons (Fsp3) is 0.600. The van der Waals surface area contributed by atoms with Crippen molar-refractivity contribution in [1.29, 1.82) is 0 Å².